The van der Waals surface area contributed by atoms with Gasteiger partial charge in [0.1, 0.15) is 0 Å². The van der Waals surface area contributed by atoms with E-state index in [9.17, 15) is 14.7 Å². The molecule has 0 heterocycles. The molecule has 2 aromatic carbocycles. The van der Waals surface area contributed by atoms with E-state index < -0.39 is 17.9 Å². The molecule has 0 aliphatic heterocycles. The lowest BCUT2D eigenvalue weighted by atomic mass is 9.83. The van der Waals surface area contributed by atoms with Crippen LogP contribution in [0.3, 0.4) is 0 Å². The molecule has 2 atom stereocenters. The first-order valence-corrected chi connectivity index (χ1v) is 7.70. The molecular weight excluding hydrogens is 300 g/mol. The molecule has 0 aliphatic carbocycles. The van der Waals surface area contributed by atoms with Crippen LogP contribution in [0.25, 0.3) is 10.8 Å². The summed E-state index contributed by atoms with van der Waals surface area (Å²) in [6.45, 7) is 0. The third-order valence-corrected chi connectivity index (χ3v) is 4.26. The van der Waals surface area contributed by atoms with Gasteiger partial charge in [-0.2, -0.15) is 12.6 Å². The number of hydrogen-bond donors (Lipinski definition) is 3. The highest BCUT2D eigenvalue weighted by atomic mass is 32.1. The maximum atomic E-state index is 11.5. The van der Waals surface area contributed by atoms with Crippen LogP contribution in [0.1, 0.15) is 24.3 Å². The highest BCUT2D eigenvalue weighted by molar-refractivity contribution is 7.80. The largest absolute Gasteiger partial charge is 0.481 e. The number of aliphatic carboxylic acids is 2. The van der Waals surface area contributed by atoms with Crippen LogP contribution in [0.2, 0.25) is 0 Å². The maximum absolute atomic E-state index is 11.5. The van der Waals surface area contributed by atoms with Gasteiger partial charge in [-0.15, -0.1) is 0 Å². The number of benzene rings is 2. The van der Waals surface area contributed by atoms with E-state index in [4.69, 9.17) is 5.11 Å². The minimum atomic E-state index is -0.984. The van der Waals surface area contributed by atoms with Crippen molar-refractivity contribution in [1.82, 2.24) is 0 Å². The number of rotatable bonds is 7. The van der Waals surface area contributed by atoms with Crippen molar-refractivity contribution in [1.29, 1.82) is 0 Å². The van der Waals surface area contributed by atoms with Crippen molar-refractivity contribution in [3.63, 3.8) is 0 Å². The van der Waals surface area contributed by atoms with Gasteiger partial charge < -0.3 is 10.2 Å². The summed E-state index contributed by atoms with van der Waals surface area (Å²) in [5.41, 5.74) is 0.881. The number of fused-ring (bicyclic) bond motifs is 1. The second-order valence-corrected chi connectivity index (χ2v) is 5.64. The Kier molecular flexibility index (Phi) is 5.44. The van der Waals surface area contributed by atoms with Crippen LogP contribution in [0.5, 0.6) is 0 Å². The van der Waals surface area contributed by atoms with Crippen LogP contribution >= 0.6 is 12.6 Å². The Morgan fingerprint density at radius 2 is 1.73 bits per heavy atom. The number of carboxylic acids is 2. The average molecular weight is 318 g/mol. The van der Waals surface area contributed by atoms with Crippen molar-refractivity contribution in [2.45, 2.75) is 18.8 Å². The minimum Gasteiger partial charge on any atom is -0.481 e. The SMILES string of the molecule is O=C(O)CCC(C(=O)O)C(CS)c1ccc2ccccc2c1. The predicted molar refractivity (Wildman–Crippen MR) is 88.5 cm³/mol. The second kappa shape index (κ2) is 7.31. The van der Waals surface area contributed by atoms with Crippen LogP contribution in [-0.2, 0) is 9.59 Å². The molecule has 4 nitrogen and oxygen atoms in total. The van der Waals surface area contributed by atoms with Crippen molar-refractivity contribution in [2.24, 2.45) is 5.92 Å². The smallest absolute Gasteiger partial charge is 0.307 e. The standard InChI is InChI=1S/C17H18O4S/c18-16(19)8-7-14(17(20)21)15(10-22)13-6-5-11-3-1-2-4-12(11)9-13/h1-6,9,14-15,22H,7-8,10H2,(H,18,19)(H,20,21). The molecule has 0 fully saturated rings. The summed E-state index contributed by atoms with van der Waals surface area (Å²) in [4.78, 5) is 22.3. The Morgan fingerprint density at radius 3 is 2.32 bits per heavy atom. The molecule has 0 aliphatic rings. The Bertz CT molecular complexity index is 683. The van der Waals surface area contributed by atoms with Gasteiger partial charge in [0.05, 0.1) is 5.92 Å². The Balaban J connectivity index is 2.33. The molecule has 2 N–H and O–H groups in total. The first-order valence-electron chi connectivity index (χ1n) is 7.07. The zero-order chi connectivity index (χ0) is 16.1. The molecule has 2 unspecified atom stereocenters. The van der Waals surface area contributed by atoms with E-state index in [1.54, 1.807) is 0 Å². The quantitative estimate of drug-likeness (QED) is 0.684. The molecule has 22 heavy (non-hydrogen) atoms. The van der Waals surface area contributed by atoms with E-state index in [-0.39, 0.29) is 18.8 Å². The van der Waals surface area contributed by atoms with Gasteiger partial charge in [-0.25, -0.2) is 0 Å². The molecule has 0 spiro atoms. The predicted octanol–water partition coefficient (Wildman–Crippen LogP) is 3.42. The molecule has 0 bridgehead atoms. The number of thiol groups is 1. The molecule has 0 aromatic heterocycles. The van der Waals surface area contributed by atoms with Crippen molar-refractivity contribution >= 4 is 35.3 Å². The van der Waals surface area contributed by atoms with Crippen LogP contribution in [0.15, 0.2) is 42.5 Å². The third-order valence-electron chi connectivity index (χ3n) is 3.87. The van der Waals surface area contributed by atoms with Crippen molar-refractivity contribution in [3.8, 4) is 0 Å². The fraction of sp³-hybridized carbons (Fsp3) is 0.294. The Labute approximate surface area is 134 Å². The fourth-order valence-corrected chi connectivity index (χ4v) is 3.14. The number of hydrogen-bond acceptors (Lipinski definition) is 3. The Hall–Kier alpha value is -2.01. The lowest BCUT2D eigenvalue weighted by Crippen LogP contribution is -2.24. The summed E-state index contributed by atoms with van der Waals surface area (Å²) in [5.74, 6) is -2.68. The summed E-state index contributed by atoms with van der Waals surface area (Å²) >= 11 is 4.29. The average Bonchev–Trinajstić information content (AvgIpc) is 2.50. The van der Waals surface area contributed by atoms with Gasteiger partial charge in [0.15, 0.2) is 0 Å². The van der Waals surface area contributed by atoms with Gasteiger partial charge in [0, 0.05) is 12.3 Å². The van der Waals surface area contributed by atoms with Crippen LogP contribution in [0, 0.1) is 5.92 Å². The summed E-state index contributed by atoms with van der Waals surface area (Å²) in [5, 5.41) is 20.4. The van der Waals surface area contributed by atoms with Gasteiger partial charge in [-0.3, -0.25) is 9.59 Å². The monoisotopic (exact) mass is 318 g/mol. The molecule has 0 saturated carbocycles. The first kappa shape index (κ1) is 16.4. The van der Waals surface area contributed by atoms with E-state index in [0.717, 1.165) is 16.3 Å². The molecule has 2 rings (SSSR count). The molecule has 5 heteroatoms. The van der Waals surface area contributed by atoms with Crippen molar-refractivity contribution < 1.29 is 19.8 Å². The molecule has 0 saturated heterocycles. The van der Waals surface area contributed by atoms with E-state index in [2.05, 4.69) is 12.6 Å². The fourth-order valence-electron chi connectivity index (χ4n) is 2.68. The molecule has 0 radical (unpaired) electrons. The number of carboxylic acid groups (broad SMARTS) is 2. The first-order chi connectivity index (χ1) is 10.5. The van der Waals surface area contributed by atoms with E-state index >= 15 is 0 Å². The normalized spacial score (nSPS) is 13.7. The minimum absolute atomic E-state index is 0.0999. The topological polar surface area (TPSA) is 74.6 Å². The van der Waals surface area contributed by atoms with Crippen LogP contribution < -0.4 is 0 Å². The lowest BCUT2D eigenvalue weighted by Gasteiger charge is -2.22. The summed E-state index contributed by atoms with van der Waals surface area (Å²) in [7, 11) is 0. The van der Waals surface area contributed by atoms with Gasteiger partial charge in [0.2, 0.25) is 0 Å². The van der Waals surface area contributed by atoms with E-state index in [0.29, 0.717) is 5.75 Å². The second-order valence-electron chi connectivity index (χ2n) is 5.27. The number of carbonyl (C=O) groups is 2. The molecule has 2 aromatic rings. The van der Waals surface area contributed by atoms with E-state index in [1.807, 2.05) is 42.5 Å². The highest BCUT2D eigenvalue weighted by Crippen LogP contribution is 2.31. The molecule has 116 valence electrons. The zero-order valence-corrected chi connectivity index (χ0v) is 12.9. The van der Waals surface area contributed by atoms with Crippen LogP contribution in [0.4, 0.5) is 0 Å². The highest BCUT2D eigenvalue weighted by Gasteiger charge is 2.29. The lowest BCUT2D eigenvalue weighted by molar-refractivity contribution is -0.143. The van der Waals surface area contributed by atoms with Gasteiger partial charge in [-0.1, -0.05) is 42.5 Å². The summed E-state index contributed by atoms with van der Waals surface area (Å²) < 4.78 is 0. The van der Waals surface area contributed by atoms with Crippen molar-refractivity contribution in [3.05, 3.63) is 48.0 Å². The van der Waals surface area contributed by atoms with Gasteiger partial charge >= 0.3 is 11.9 Å². The van der Waals surface area contributed by atoms with Gasteiger partial charge in [0.25, 0.3) is 0 Å². The molecular formula is C17H18O4S. The van der Waals surface area contributed by atoms with Gasteiger partial charge in [-0.05, 0) is 28.5 Å². The van der Waals surface area contributed by atoms with Crippen LogP contribution in [-0.4, -0.2) is 27.9 Å². The Morgan fingerprint density at radius 1 is 1.05 bits per heavy atom. The summed E-state index contributed by atoms with van der Waals surface area (Å²) in [6.07, 6.45) is -0.0580. The van der Waals surface area contributed by atoms with Crippen molar-refractivity contribution in [2.75, 3.05) is 5.75 Å². The zero-order valence-electron chi connectivity index (χ0n) is 12.0. The third kappa shape index (κ3) is 3.80. The molecule has 0 amide bonds. The summed E-state index contributed by atoms with van der Waals surface area (Å²) in [6, 6.07) is 13.7. The maximum Gasteiger partial charge on any atom is 0.307 e. The van der Waals surface area contributed by atoms with E-state index in [1.165, 1.54) is 0 Å².